The van der Waals surface area contributed by atoms with E-state index < -0.39 is 0 Å². The summed E-state index contributed by atoms with van der Waals surface area (Å²) >= 11 is 0. The number of rotatable bonds is 2. The van der Waals surface area contributed by atoms with Crippen molar-refractivity contribution in [3.05, 3.63) is 23.8 Å². The second-order valence-corrected chi connectivity index (χ2v) is 4.72. The fourth-order valence-electron chi connectivity index (χ4n) is 2.31. The Morgan fingerprint density at radius 2 is 2.18 bits per heavy atom. The molecule has 0 aliphatic carbocycles. The van der Waals surface area contributed by atoms with E-state index in [-0.39, 0.29) is 5.91 Å². The van der Waals surface area contributed by atoms with Gasteiger partial charge in [0.1, 0.15) is 0 Å². The molecular formula is C13H19N3O. The molecule has 1 aromatic carbocycles. The molecule has 0 saturated carbocycles. The molecule has 1 heterocycles. The van der Waals surface area contributed by atoms with Gasteiger partial charge in [-0.25, -0.2) is 0 Å². The van der Waals surface area contributed by atoms with Crippen molar-refractivity contribution in [2.75, 3.05) is 18.0 Å². The van der Waals surface area contributed by atoms with E-state index >= 15 is 0 Å². The summed E-state index contributed by atoms with van der Waals surface area (Å²) in [5.74, 6) is 0.180. The van der Waals surface area contributed by atoms with E-state index in [4.69, 9.17) is 11.5 Å². The molecule has 1 aliphatic heterocycles. The Bertz CT molecular complexity index is 431. The SMILES string of the molecule is CC1CCCN1C(=O)Cc1ccc(N)c(N)c1. The predicted octanol–water partition coefficient (Wildman–Crippen LogP) is 1.40. The summed E-state index contributed by atoms with van der Waals surface area (Å²) in [5.41, 5.74) is 13.4. The van der Waals surface area contributed by atoms with Gasteiger partial charge in [-0.15, -0.1) is 0 Å². The van der Waals surface area contributed by atoms with Gasteiger partial charge in [-0.1, -0.05) is 6.07 Å². The number of nitrogen functional groups attached to an aromatic ring is 2. The Morgan fingerprint density at radius 3 is 2.76 bits per heavy atom. The maximum atomic E-state index is 12.1. The van der Waals surface area contributed by atoms with Gasteiger partial charge in [0.05, 0.1) is 17.8 Å². The van der Waals surface area contributed by atoms with Crippen LogP contribution in [0.3, 0.4) is 0 Å². The molecule has 1 fully saturated rings. The number of hydrogen-bond acceptors (Lipinski definition) is 3. The molecule has 0 aromatic heterocycles. The summed E-state index contributed by atoms with van der Waals surface area (Å²) in [6.07, 6.45) is 2.63. The first kappa shape index (κ1) is 11.8. The van der Waals surface area contributed by atoms with Crippen LogP contribution in [0.5, 0.6) is 0 Å². The number of nitrogens with zero attached hydrogens (tertiary/aromatic N) is 1. The fourth-order valence-corrected chi connectivity index (χ4v) is 2.31. The van der Waals surface area contributed by atoms with Crippen molar-refractivity contribution in [2.45, 2.75) is 32.2 Å². The molecule has 92 valence electrons. The van der Waals surface area contributed by atoms with Gasteiger partial charge in [0.2, 0.25) is 5.91 Å². The molecule has 2 rings (SSSR count). The van der Waals surface area contributed by atoms with Crippen molar-refractivity contribution in [3.8, 4) is 0 Å². The van der Waals surface area contributed by atoms with Gasteiger partial charge in [-0.3, -0.25) is 4.79 Å². The Morgan fingerprint density at radius 1 is 1.41 bits per heavy atom. The monoisotopic (exact) mass is 233 g/mol. The molecule has 1 amide bonds. The fraction of sp³-hybridized carbons (Fsp3) is 0.462. The number of carbonyl (C=O) groups excluding carboxylic acids is 1. The molecule has 0 bridgehead atoms. The number of hydrogen-bond donors (Lipinski definition) is 2. The van der Waals surface area contributed by atoms with Crippen molar-refractivity contribution in [3.63, 3.8) is 0 Å². The van der Waals surface area contributed by atoms with Crippen LogP contribution in [0.25, 0.3) is 0 Å². The number of anilines is 2. The topological polar surface area (TPSA) is 72.3 Å². The zero-order valence-electron chi connectivity index (χ0n) is 10.1. The summed E-state index contributed by atoms with van der Waals surface area (Å²) in [4.78, 5) is 14.0. The molecule has 4 N–H and O–H groups in total. The Kier molecular flexibility index (Phi) is 3.22. The van der Waals surface area contributed by atoms with Crippen molar-refractivity contribution < 1.29 is 4.79 Å². The van der Waals surface area contributed by atoms with Crippen molar-refractivity contribution in [1.82, 2.24) is 4.90 Å². The lowest BCUT2D eigenvalue weighted by Crippen LogP contribution is -2.34. The molecule has 1 unspecified atom stereocenters. The lowest BCUT2D eigenvalue weighted by Gasteiger charge is -2.21. The largest absolute Gasteiger partial charge is 0.397 e. The van der Waals surface area contributed by atoms with Gasteiger partial charge < -0.3 is 16.4 Å². The van der Waals surface area contributed by atoms with Crippen LogP contribution in [-0.4, -0.2) is 23.4 Å². The van der Waals surface area contributed by atoms with Crippen LogP contribution in [0, 0.1) is 0 Å². The van der Waals surface area contributed by atoms with Gasteiger partial charge in [0.25, 0.3) is 0 Å². The van der Waals surface area contributed by atoms with Crippen LogP contribution in [0.1, 0.15) is 25.3 Å². The number of nitrogens with two attached hydrogens (primary N) is 2. The Balaban J connectivity index is 2.05. The molecule has 17 heavy (non-hydrogen) atoms. The van der Waals surface area contributed by atoms with Crippen molar-refractivity contribution in [2.24, 2.45) is 0 Å². The van der Waals surface area contributed by atoms with Crippen LogP contribution in [-0.2, 0) is 11.2 Å². The van der Waals surface area contributed by atoms with Crippen molar-refractivity contribution >= 4 is 17.3 Å². The third kappa shape index (κ3) is 2.52. The molecule has 1 aromatic rings. The van der Waals surface area contributed by atoms with Crippen LogP contribution >= 0.6 is 0 Å². The lowest BCUT2D eigenvalue weighted by atomic mass is 10.1. The van der Waals surface area contributed by atoms with Gasteiger partial charge in [-0.2, -0.15) is 0 Å². The number of amides is 1. The number of likely N-dealkylation sites (tertiary alicyclic amines) is 1. The van der Waals surface area contributed by atoms with E-state index in [1.165, 1.54) is 0 Å². The molecule has 1 aliphatic rings. The molecule has 4 heteroatoms. The predicted molar refractivity (Wildman–Crippen MR) is 69.4 cm³/mol. The molecule has 1 saturated heterocycles. The first-order chi connectivity index (χ1) is 8.08. The minimum atomic E-state index is 0.180. The Labute approximate surface area is 102 Å². The highest BCUT2D eigenvalue weighted by molar-refractivity contribution is 5.80. The van der Waals surface area contributed by atoms with Gasteiger partial charge >= 0.3 is 0 Å². The summed E-state index contributed by atoms with van der Waals surface area (Å²) in [6.45, 7) is 2.98. The van der Waals surface area contributed by atoms with E-state index in [0.29, 0.717) is 23.8 Å². The molecule has 1 atom stereocenters. The summed E-state index contributed by atoms with van der Waals surface area (Å²) in [7, 11) is 0. The number of benzene rings is 1. The second-order valence-electron chi connectivity index (χ2n) is 4.72. The third-order valence-corrected chi connectivity index (χ3v) is 3.38. The van der Waals surface area contributed by atoms with E-state index in [1.54, 1.807) is 12.1 Å². The molecule has 0 spiro atoms. The van der Waals surface area contributed by atoms with E-state index in [9.17, 15) is 4.79 Å². The maximum absolute atomic E-state index is 12.1. The van der Waals surface area contributed by atoms with Crippen LogP contribution in [0.4, 0.5) is 11.4 Å². The van der Waals surface area contributed by atoms with Crippen molar-refractivity contribution in [1.29, 1.82) is 0 Å². The average molecular weight is 233 g/mol. The molecule has 0 radical (unpaired) electrons. The smallest absolute Gasteiger partial charge is 0.227 e. The zero-order valence-corrected chi connectivity index (χ0v) is 10.1. The van der Waals surface area contributed by atoms with Gasteiger partial charge in [-0.05, 0) is 37.5 Å². The summed E-state index contributed by atoms with van der Waals surface area (Å²) in [6, 6.07) is 5.78. The Hall–Kier alpha value is -1.71. The minimum absolute atomic E-state index is 0.180. The maximum Gasteiger partial charge on any atom is 0.227 e. The summed E-state index contributed by atoms with van der Waals surface area (Å²) < 4.78 is 0. The quantitative estimate of drug-likeness (QED) is 0.758. The summed E-state index contributed by atoms with van der Waals surface area (Å²) in [5, 5.41) is 0. The van der Waals surface area contributed by atoms with Crippen LogP contribution in [0.15, 0.2) is 18.2 Å². The minimum Gasteiger partial charge on any atom is -0.397 e. The van der Waals surface area contributed by atoms with E-state index in [1.807, 2.05) is 11.0 Å². The number of carbonyl (C=O) groups is 1. The highest BCUT2D eigenvalue weighted by atomic mass is 16.2. The first-order valence-corrected chi connectivity index (χ1v) is 6.01. The van der Waals surface area contributed by atoms with Crippen LogP contribution < -0.4 is 11.5 Å². The normalized spacial score (nSPS) is 19.6. The first-order valence-electron chi connectivity index (χ1n) is 6.01. The van der Waals surface area contributed by atoms with E-state index in [2.05, 4.69) is 6.92 Å². The highest BCUT2D eigenvalue weighted by Crippen LogP contribution is 2.20. The standard InChI is InChI=1S/C13H19N3O/c1-9-3-2-6-16(9)13(17)8-10-4-5-11(14)12(15)7-10/h4-5,7,9H,2-3,6,8,14-15H2,1H3. The molecular weight excluding hydrogens is 214 g/mol. The third-order valence-electron chi connectivity index (χ3n) is 3.38. The lowest BCUT2D eigenvalue weighted by molar-refractivity contribution is -0.130. The van der Waals surface area contributed by atoms with E-state index in [0.717, 1.165) is 24.9 Å². The average Bonchev–Trinajstić information content (AvgIpc) is 2.70. The second kappa shape index (κ2) is 4.65. The molecule has 4 nitrogen and oxygen atoms in total. The van der Waals surface area contributed by atoms with Gasteiger partial charge in [0, 0.05) is 12.6 Å². The highest BCUT2D eigenvalue weighted by Gasteiger charge is 2.24. The van der Waals surface area contributed by atoms with Gasteiger partial charge in [0.15, 0.2) is 0 Å². The van der Waals surface area contributed by atoms with Crippen LogP contribution in [0.2, 0.25) is 0 Å². The zero-order chi connectivity index (χ0) is 12.4.